The summed E-state index contributed by atoms with van der Waals surface area (Å²) in [7, 11) is 0. The zero-order chi connectivity index (χ0) is 14.4. The summed E-state index contributed by atoms with van der Waals surface area (Å²) in [4.78, 5) is 23.0. The van der Waals surface area contributed by atoms with Crippen molar-refractivity contribution >= 4 is 23.4 Å². The molecule has 0 fully saturated rings. The minimum atomic E-state index is -0.647. The third-order valence-corrected chi connectivity index (χ3v) is 3.34. The molecule has 0 aliphatic heterocycles. The Hall–Kier alpha value is -1.60. The number of rotatable bonds is 6. The highest BCUT2D eigenvalue weighted by Gasteiger charge is 2.20. The van der Waals surface area contributed by atoms with Gasteiger partial charge >= 0.3 is 0 Å². The maximum atomic E-state index is 11.9. The van der Waals surface area contributed by atoms with E-state index in [4.69, 9.17) is 0 Å². The van der Waals surface area contributed by atoms with E-state index in [2.05, 4.69) is 5.32 Å². The molecule has 1 amide bonds. The third-order valence-electron chi connectivity index (χ3n) is 2.61. The van der Waals surface area contributed by atoms with Gasteiger partial charge in [-0.3, -0.25) is 14.9 Å². The van der Waals surface area contributed by atoms with Gasteiger partial charge in [0.25, 0.3) is 11.6 Å². The van der Waals surface area contributed by atoms with E-state index in [9.17, 15) is 20.0 Å². The molecular weight excluding hydrogens is 268 g/mol. The quantitative estimate of drug-likeness (QED) is 0.472. The number of thioether (sulfide) groups is 1. The molecule has 7 heteroatoms. The Balaban J connectivity index is 2.95. The molecule has 104 valence electrons. The SMILES string of the molecule is CCC(O)CNC(=O)c1cc(SC)ccc1[N+](=O)[O-]. The Labute approximate surface area is 115 Å². The summed E-state index contributed by atoms with van der Waals surface area (Å²) in [6.45, 7) is 1.86. The van der Waals surface area contributed by atoms with E-state index in [-0.39, 0.29) is 17.8 Å². The van der Waals surface area contributed by atoms with Gasteiger partial charge in [0.15, 0.2) is 0 Å². The molecule has 1 rings (SSSR count). The van der Waals surface area contributed by atoms with Crippen molar-refractivity contribution in [1.82, 2.24) is 5.32 Å². The number of nitro groups is 1. The molecule has 0 radical (unpaired) electrons. The number of nitro benzene ring substituents is 1. The zero-order valence-electron chi connectivity index (χ0n) is 10.8. The molecule has 1 aromatic carbocycles. The molecule has 0 saturated carbocycles. The van der Waals surface area contributed by atoms with E-state index in [1.54, 1.807) is 13.0 Å². The van der Waals surface area contributed by atoms with Crippen LogP contribution in [0.25, 0.3) is 0 Å². The fourth-order valence-corrected chi connectivity index (χ4v) is 1.87. The standard InChI is InChI=1S/C12H16N2O4S/c1-3-8(15)7-13-12(16)10-6-9(19-2)4-5-11(10)14(17)18/h4-6,8,15H,3,7H2,1-2H3,(H,13,16). The lowest BCUT2D eigenvalue weighted by molar-refractivity contribution is -0.385. The maximum Gasteiger partial charge on any atom is 0.282 e. The molecule has 1 aromatic rings. The number of amides is 1. The second kappa shape index (κ2) is 7.10. The van der Waals surface area contributed by atoms with Crippen molar-refractivity contribution < 1.29 is 14.8 Å². The lowest BCUT2D eigenvalue weighted by atomic mass is 10.1. The molecule has 0 bridgehead atoms. The van der Waals surface area contributed by atoms with Gasteiger partial charge in [0.2, 0.25) is 0 Å². The number of carbonyl (C=O) groups is 1. The molecule has 19 heavy (non-hydrogen) atoms. The highest BCUT2D eigenvalue weighted by atomic mass is 32.2. The third kappa shape index (κ3) is 4.22. The van der Waals surface area contributed by atoms with Crippen LogP contribution in [0, 0.1) is 10.1 Å². The van der Waals surface area contributed by atoms with Crippen LogP contribution in [0.2, 0.25) is 0 Å². The van der Waals surface area contributed by atoms with Crippen LogP contribution >= 0.6 is 11.8 Å². The first-order chi connectivity index (χ1) is 8.99. The molecule has 0 aliphatic carbocycles. The normalized spacial score (nSPS) is 11.9. The summed E-state index contributed by atoms with van der Waals surface area (Å²) in [5.74, 6) is -0.546. The van der Waals surface area contributed by atoms with Crippen molar-refractivity contribution in [2.75, 3.05) is 12.8 Å². The number of nitrogens with one attached hydrogen (secondary N) is 1. The van der Waals surface area contributed by atoms with Crippen molar-refractivity contribution in [3.63, 3.8) is 0 Å². The number of nitrogens with zero attached hydrogens (tertiary/aromatic N) is 1. The Kier molecular flexibility index (Phi) is 5.78. The number of aliphatic hydroxyl groups excluding tert-OH is 1. The predicted molar refractivity (Wildman–Crippen MR) is 73.5 cm³/mol. The molecule has 2 N–H and O–H groups in total. The molecule has 6 nitrogen and oxygen atoms in total. The van der Waals surface area contributed by atoms with Crippen LogP contribution in [0.1, 0.15) is 23.7 Å². The Morgan fingerprint density at radius 3 is 2.79 bits per heavy atom. The van der Waals surface area contributed by atoms with Crippen LogP contribution in [-0.2, 0) is 0 Å². The Morgan fingerprint density at radius 1 is 1.58 bits per heavy atom. The van der Waals surface area contributed by atoms with Gasteiger partial charge in [0.05, 0.1) is 11.0 Å². The van der Waals surface area contributed by atoms with Crippen LogP contribution < -0.4 is 5.32 Å². The number of aliphatic hydroxyl groups is 1. The first-order valence-electron chi connectivity index (χ1n) is 5.78. The topological polar surface area (TPSA) is 92.5 Å². The lowest BCUT2D eigenvalue weighted by Gasteiger charge is -2.10. The Morgan fingerprint density at radius 2 is 2.26 bits per heavy atom. The summed E-state index contributed by atoms with van der Waals surface area (Å²) < 4.78 is 0. The smallest absolute Gasteiger partial charge is 0.282 e. The summed E-state index contributed by atoms with van der Waals surface area (Å²) in [6, 6.07) is 4.40. The fraction of sp³-hybridized carbons (Fsp3) is 0.417. The summed E-state index contributed by atoms with van der Waals surface area (Å²) in [5.41, 5.74) is -0.221. The van der Waals surface area contributed by atoms with Crippen molar-refractivity contribution in [2.24, 2.45) is 0 Å². The second-order valence-electron chi connectivity index (χ2n) is 3.91. The van der Waals surface area contributed by atoms with E-state index < -0.39 is 16.9 Å². The van der Waals surface area contributed by atoms with Gasteiger partial charge < -0.3 is 10.4 Å². The molecule has 0 aromatic heterocycles. The molecule has 1 atom stereocenters. The van der Waals surface area contributed by atoms with E-state index >= 15 is 0 Å². The first-order valence-corrected chi connectivity index (χ1v) is 7.00. The minimum absolute atomic E-state index is 0.0140. The van der Waals surface area contributed by atoms with Crippen molar-refractivity contribution in [3.8, 4) is 0 Å². The first kappa shape index (κ1) is 15.5. The van der Waals surface area contributed by atoms with Crippen molar-refractivity contribution in [3.05, 3.63) is 33.9 Å². The van der Waals surface area contributed by atoms with Gasteiger partial charge in [-0.15, -0.1) is 11.8 Å². The largest absolute Gasteiger partial charge is 0.391 e. The van der Waals surface area contributed by atoms with Gasteiger partial charge in [0, 0.05) is 17.5 Å². The molecule has 1 unspecified atom stereocenters. The van der Waals surface area contributed by atoms with Crippen LogP contribution in [0.5, 0.6) is 0 Å². The average molecular weight is 284 g/mol. The highest BCUT2D eigenvalue weighted by molar-refractivity contribution is 7.98. The number of hydrogen-bond acceptors (Lipinski definition) is 5. The van der Waals surface area contributed by atoms with Crippen LogP contribution in [-0.4, -0.2) is 34.8 Å². The molecule has 0 saturated heterocycles. The van der Waals surface area contributed by atoms with Crippen molar-refractivity contribution in [2.45, 2.75) is 24.3 Å². The van der Waals surface area contributed by atoms with E-state index in [1.807, 2.05) is 6.26 Å². The van der Waals surface area contributed by atoms with E-state index in [0.29, 0.717) is 6.42 Å². The number of benzene rings is 1. The fourth-order valence-electron chi connectivity index (χ4n) is 1.43. The van der Waals surface area contributed by atoms with Gasteiger partial charge in [-0.05, 0) is 24.8 Å². The monoisotopic (exact) mass is 284 g/mol. The molecular formula is C12H16N2O4S. The van der Waals surface area contributed by atoms with Gasteiger partial charge in [-0.1, -0.05) is 6.92 Å². The maximum absolute atomic E-state index is 11.9. The lowest BCUT2D eigenvalue weighted by Crippen LogP contribution is -2.32. The Bertz CT molecular complexity index is 479. The number of hydrogen-bond donors (Lipinski definition) is 2. The molecule has 0 aliphatic rings. The van der Waals surface area contributed by atoms with Crippen LogP contribution in [0.15, 0.2) is 23.1 Å². The van der Waals surface area contributed by atoms with Crippen LogP contribution in [0.4, 0.5) is 5.69 Å². The predicted octanol–water partition coefficient (Wildman–Crippen LogP) is 1.82. The van der Waals surface area contributed by atoms with Crippen molar-refractivity contribution in [1.29, 1.82) is 0 Å². The summed E-state index contributed by atoms with van der Waals surface area (Å²) >= 11 is 1.40. The van der Waals surface area contributed by atoms with E-state index in [1.165, 1.54) is 23.9 Å². The summed E-state index contributed by atoms with van der Waals surface area (Å²) in [6.07, 6.45) is 1.68. The number of carbonyl (C=O) groups excluding carboxylic acids is 1. The van der Waals surface area contributed by atoms with Gasteiger partial charge in [-0.25, -0.2) is 0 Å². The van der Waals surface area contributed by atoms with Crippen LogP contribution in [0.3, 0.4) is 0 Å². The minimum Gasteiger partial charge on any atom is -0.391 e. The second-order valence-corrected chi connectivity index (χ2v) is 4.79. The summed E-state index contributed by atoms with van der Waals surface area (Å²) in [5, 5.41) is 22.8. The molecule has 0 heterocycles. The molecule has 0 spiro atoms. The van der Waals surface area contributed by atoms with Gasteiger partial charge in [0.1, 0.15) is 5.56 Å². The average Bonchev–Trinajstić information content (AvgIpc) is 2.43. The van der Waals surface area contributed by atoms with E-state index in [0.717, 1.165) is 4.90 Å². The van der Waals surface area contributed by atoms with Gasteiger partial charge in [-0.2, -0.15) is 0 Å². The zero-order valence-corrected chi connectivity index (χ0v) is 11.6. The highest BCUT2D eigenvalue weighted by Crippen LogP contribution is 2.24.